The summed E-state index contributed by atoms with van der Waals surface area (Å²) in [6.45, 7) is 6.57. The van der Waals surface area contributed by atoms with Crippen molar-refractivity contribution in [2.45, 2.75) is 26.3 Å². The number of aromatic nitrogens is 3. The van der Waals surface area contributed by atoms with Gasteiger partial charge in [0.2, 0.25) is 11.9 Å². The SMILES string of the molecule is CCOc1nc(NN)nc(N2CCOCC2CC)n1. The Kier molecular flexibility index (Phi) is 4.69. The van der Waals surface area contributed by atoms with Crippen LogP contribution in [-0.4, -0.2) is 47.4 Å². The average Bonchev–Trinajstić information content (AvgIpc) is 2.47. The molecule has 2 heterocycles. The van der Waals surface area contributed by atoms with Crippen LogP contribution in [0.4, 0.5) is 11.9 Å². The quantitative estimate of drug-likeness (QED) is 0.576. The van der Waals surface area contributed by atoms with E-state index < -0.39 is 0 Å². The number of morpholine rings is 1. The highest BCUT2D eigenvalue weighted by atomic mass is 16.5. The number of hydrogen-bond acceptors (Lipinski definition) is 8. The van der Waals surface area contributed by atoms with E-state index in [1.165, 1.54) is 0 Å². The molecule has 8 heteroatoms. The first-order valence-electron chi connectivity index (χ1n) is 6.48. The topological polar surface area (TPSA) is 98.4 Å². The second-order valence-corrected chi connectivity index (χ2v) is 4.15. The molecule has 1 unspecified atom stereocenters. The predicted octanol–water partition coefficient (Wildman–Crippen LogP) is 0.171. The van der Waals surface area contributed by atoms with Crippen molar-refractivity contribution in [1.29, 1.82) is 0 Å². The van der Waals surface area contributed by atoms with Crippen molar-refractivity contribution >= 4 is 11.9 Å². The van der Waals surface area contributed by atoms with Gasteiger partial charge in [-0.2, -0.15) is 15.0 Å². The Morgan fingerprint density at radius 1 is 1.42 bits per heavy atom. The molecular weight excluding hydrogens is 248 g/mol. The van der Waals surface area contributed by atoms with Gasteiger partial charge in [-0.1, -0.05) is 6.92 Å². The molecule has 1 aliphatic rings. The third-order valence-electron chi connectivity index (χ3n) is 2.96. The Balaban J connectivity index is 2.28. The Morgan fingerprint density at radius 3 is 2.95 bits per heavy atom. The minimum Gasteiger partial charge on any atom is -0.464 e. The lowest BCUT2D eigenvalue weighted by atomic mass is 10.2. The van der Waals surface area contributed by atoms with E-state index in [1.807, 2.05) is 6.92 Å². The maximum absolute atomic E-state index is 5.47. The summed E-state index contributed by atoms with van der Waals surface area (Å²) in [5.41, 5.74) is 2.44. The van der Waals surface area contributed by atoms with Crippen molar-refractivity contribution in [3.8, 4) is 6.01 Å². The third-order valence-corrected chi connectivity index (χ3v) is 2.96. The summed E-state index contributed by atoms with van der Waals surface area (Å²) >= 11 is 0. The second kappa shape index (κ2) is 6.48. The third kappa shape index (κ3) is 3.21. The molecule has 1 atom stereocenters. The van der Waals surface area contributed by atoms with Gasteiger partial charge in [-0.25, -0.2) is 5.84 Å². The molecule has 19 heavy (non-hydrogen) atoms. The van der Waals surface area contributed by atoms with Crippen LogP contribution in [0, 0.1) is 0 Å². The summed E-state index contributed by atoms with van der Waals surface area (Å²) in [5.74, 6) is 6.25. The maximum Gasteiger partial charge on any atom is 0.323 e. The van der Waals surface area contributed by atoms with Crippen LogP contribution >= 0.6 is 0 Å². The van der Waals surface area contributed by atoms with E-state index in [1.54, 1.807) is 0 Å². The highest BCUT2D eigenvalue weighted by Crippen LogP contribution is 2.20. The number of hydrogen-bond donors (Lipinski definition) is 2. The largest absolute Gasteiger partial charge is 0.464 e. The molecule has 0 radical (unpaired) electrons. The van der Waals surface area contributed by atoms with E-state index in [0.717, 1.165) is 13.0 Å². The molecule has 0 saturated carbocycles. The molecule has 0 amide bonds. The van der Waals surface area contributed by atoms with Crippen LogP contribution in [0.2, 0.25) is 0 Å². The second-order valence-electron chi connectivity index (χ2n) is 4.15. The number of nitrogens with two attached hydrogens (primary N) is 1. The van der Waals surface area contributed by atoms with Crippen LogP contribution < -0.4 is 20.9 Å². The number of nitrogen functional groups attached to an aromatic ring is 1. The highest BCUT2D eigenvalue weighted by Gasteiger charge is 2.25. The summed E-state index contributed by atoms with van der Waals surface area (Å²) in [6.07, 6.45) is 0.959. The number of anilines is 2. The number of hydrazine groups is 1. The van der Waals surface area contributed by atoms with Crippen LogP contribution in [0.5, 0.6) is 6.01 Å². The molecule has 1 fully saturated rings. The van der Waals surface area contributed by atoms with Crippen molar-refractivity contribution in [1.82, 2.24) is 15.0 Å². The first-order valence-corrected chi connectivity index (χ1v) is 6.48. The van der Waals surface area contributed by atoms with Crippen LogP contribution in [0.25, 0.3) is 0 Å². The zero-order valence-corrected chi connectivity index (χ0v) is 11.3. The zero-order valence-electron chi connectivity index (χ0n) is 11.3. The molecule has 106 valence electrons. The normalized spacial score (nSPS) is 19.3. The van der Waals surface area contributed by atoms with Crippen LogP contribution in [0.3, 0.4) is 0 Å². The number of rotatable bonds is 5. The van der Waals surface area contributed by atoms with E-state index in [-0.39, 0.29) is 12.1 Å². The van der Waals surface area contributed by atoms with Gasteiger partial charge in [0.1, 0.15) is 0 Å². The fourth-order valence-electron chi connectivity index (χ4n) is 1.99. The van der Waals surface area contributed by atoms with Gasteiger partial charge in [0.05, 0.1) is 25.9 Å². The molecule has 0 spiro atoms. The van der Waals surface area contributed by atoms with E-state index in [2.05, 4.69) is 32.2 Å². The van der Waals surface area contributed by atoms with Gasteiger partial charge in [-0.3, -0.25) is 5.43 Å². The van der Waals surface area contributed by atoms with Crippen molar-refractivity contribution in [2.24, 2.45) is 5.84 Å². The molecule has 1 aliphatic heterocycles. The molecule has 3 N–H and O–H groups in total. The fraction of sp³-hybridized carbons (Fsp3) is 0.727. The first-order chi connectivity index (χ1) is 9.28. The monoisotopic (exact) mass is 268 g/mol. The summed E-state index contributed by atoms with van der Waals surface area (Å²) in [4.78, 5) is 14.8. The summed E-state index contributed by atoms with van der Waals surface area (Å²) < 4.78 is 10.8. The van der Waals surface area contributed by atoms with Gasteiger partial charge in [0.15, 0.2) is 0 Å². The Morgan fingerprint density at radius 2 is 2.26 bits per heavy atom. The standard InChI is InChI=1S/C11H20N6O2/c1-3-8-7-18-6-5-17(8)10-13-9(16-12)14-11(15-10)19-4-2/h8H,3-7,12H2,1-2H3,(H,13,14,15,16). The number of ether oxygens (including phenoxy) is 2. The van der Waals surface area contributed by atoms with E-state index >= 15 is 0 Å². The fourth-order valence-corrected chi connectivity index (χ4v) is 1.99. The van der Waals surface area contributed by atoms with Gasteiger partial charge in [-0.15, -0.1) is 0 Å². The molecule has 1 aromatic rings. The molecule has 1 saturated heterocycles. The maximum atomic E-state index is 5.47. The molecule has 8 nitrogen and oxygen atoms in total. The van der Waals surface area contributed by atoms with Crippen LogP contribution in [0.15, 0.2) is 0 Å². The molecular formula is C11H20N6O2. The molecule has 1 aromatic heterocycles. The van der Waals surface area contributed by atoms with Crippen molar-refractivity contribution in [2.75, 3.05) is 36.7 Å². The minimum atomic E-state index is 0.260. The smallest absolute Gasteiger partial charge is 0.323 e. The zero-order chi connectivity index (χ0) is 13.7. The van der Waals surface area contributed by atoms with Gasteiger partial charge in [0, 0.05) is 6.54 Å². The number of nitrogens with zero attached hydrogens (tertiary/aromatic N) is 4. The summed E-state index contributed by atoms with van der Waals surface area (Å²) in [7, 11) is 0. The van der Waals surface area contributed by atoms with Crippen LogP contribution in [0.1, 0.15) is 20.3 Å². The molecule has 0 bridgehead atoms. The lowest BCUT2D eigenvalue weighted by Crippen LogP contribution is -2.46. The van der Waals surface area contributed by atoms with Crippen molar-refractivity contribution in [3.05, 3.63) is 0 Å². The Hall–Kier alpha value is -1.67. The molecule has 0 aromatic carbocycles. The predicted molar refractivity (Wildman–Crippen MR) is 71.1 cm³/mol. The van der Waals surface area contributed by atoms with Gasteiger partial charge >= 0.3 is 6.01 Å². The highest BCUT2D eigenvalue weighted by molar-refractivity contribution is 5.39. The Labute approximate surface area is 112 Å². The molecule has 0 aliphatic carbocycles. The summed E-state index contributed by atoms with van der Waals surface area (Å²) in [5, 5.41) is 0. The summed E-state index contributed by atoms with van der Waals surface area (Å²) in [6, 6.07) is 0.540. The van der Waals surface area contributed by atoms with Gasteiger partial charge in [-0.05, 0) is 13.3 Å². The van der Waals surface area contributed by atoms with Crippen LogP contribution in [-0.2, 0) is 4.74 Å². The first kappa shape index (κ1) is 13.8. The molecule has 2 rings (SSSR count). The van der Waals surface area contributed by atoms with Gasteiger partial charge in [0.25, 0.3) is 0 Å². The lowest BCUT2D eigenvalue weighted by molar-refractivity contribution is 0.0919. The van der Waals surface area contributed by atoms with Crippen molar-refractivity contribution < 1.29 is 9.47 Å². The van der Waals surface area contributed by atoms with E-state index in [4.69, 9.17) is 15.3 Å². The van der Waals surface area contributed by atoms with E-state index in [9.17, 15) is 0 Å². The Bertz CT molecular complexity index is 416. The average molecular weight is 268 g/mol. The minimum absolute atomic E-state index is 0.260. The van der Waals surface area contributed by atoms with E-state index in [0.29, 0.717) is 31.7 Å². The lowest BCUT2D eigenvalue weighted by Gasteiger charge is -2.35. The number of nitrogens with one attached hydrogen (secondary N) is 1. The van der Waals surface area contributed by atoms with Crippen molar-refractivity contribution in [3.63, 3.8) is 0 Å². The van der Waals surface area contributed by atoms with Gasteiger partial charge < -0.3 is 14.4 Å².